The smallest absolute Gasteiger partial charge is 0.408 e. The van der Waals surface area contributed by atoms with Crippen LogP contribution in [-0.2, 0) is 14.3 Å². The summed E-state index contributed by atoms with van der Waals surface area (Å²) in [5.74, 6) is -2.44. The van der Waals surface area contributed by atoms with Crippen molar-refractivity contribution in [3.05, 3.63) is 0 Å². The third-order valence-corrected chi connectivity index (χ3v) is 2.28. The van der Waals surface area contributed by atoms with E-state index in [1.165, 1.54) is 13.8 Å². The van der Waals surface area contributed by atoms with Crippen LogP contribution >= 0.6 is 0 Å². The highest BCUT2D eigenvalue weighted by Gasteiger charge is 2.35. The Morgan fingerprint density at radius 3 is 1.89 bits per heavy atom. The molecule has 0 aromatic heterocycles. The fourth-order valence-electron chi connectivity index (χ4n) is 1.25. The van der Waals surface area contributed by atoms with Crippen molar-refractivity contribution in [3.8, 4) is 0 Å². The standard InChI is InChI=1S/C12H21NO6/c1-11(2,3)19-10(18)13-7(8(14)15)6-12(4,5)9(16)17/h7H,6H2,1-5H3,(H,13,18)(H,14,15)(H,16,17). The molecule has 7 heteroatoms. The molecule has 0 aromatic carbocycles. The summed E-state index contributed by atoms with van der Waals surface area (Å²) in [5.41, 5.74) is -2.02. The largest absolute Gasteiger partial charge is 0.481 e. The van der Waals surface area contributed by atoms with Crippen molar-refractivity contribution < 1.29 is 29.3 Å². The van der Waals surface area contributed by atoms with Crippen molar-refractivity contribution in [1.29, 1.82) is 0 Å². The van der Waals surface area contributed by atoms with Gasteiger partial charge in [0, 0.05) is 0 Å². The van der Waals surface area contributed by atoms with Gasteiger partial charge in [0.1, 0.15) is 11.6 Å². The summed E-state index contributed by atoms with van der Waals surface area (Å²) in [7, 11) is 0. The van der Waals surface area contributed by atoms with Gasteiger partial charge < -0.3 is 20.3 Å². The van der Waals surface area contributed by atoms with E-state index in [-0.39, 0.29) is 6.42 Å². The number of carboxylic acid groups (broad SMARTS) is 2. The summed E-state index contributed by atoms with van der Waals surface area (Å²) in [5, 5.41) is 20.1. The zero-order valence-electron chi connectivity index (χ0n) is 11.8. The Kier molecular flexibility index (Phi) is 5.34. The average molecular weight is 275 g/mol. The van der Waals surface area contributed by atoms with Crippen LogP contribution in [0.2, 0.25) is 0 Å². The van der Waals surface area contributed by atoms with Gasteiger partial charge in [-0.3, -0.25) is 4.79 Å². The third-order valence-electron chi connectivity index (χ3n) is 2.28. The lowest BCUT2D eigenvalue weighted by molar-refractivity contribution is -0.149. The number of carboxylic acids is 2. The van der Waals surface area contributed by atoms with E-state index in [9.17, 15) is 14.4 Å². The number of carbonyl (C=O) groups excluding carboxylic acids is 1. The Hall–Kier alpha value is -1.79. The molecule has 0 heterocycles. The zero-order valence-corrected chi connectivity index (χ0v) is 11.8. The predicted molar refractivity (Wildman–Crippen MR) is 66.8 cm³/mol. The van der Waals surface area contributed by atoms with E-state index in [1.54, 1.807) is 20.8 Å². The molecular formula is C12H21NO6. The predicted octanol–water partition coefficient (Wildman–Crippen LogP) is 1.47. The van der Waals surface area contributed by atoms with Gasteiger partial charge in [0.15, 0.2) is 0 Å². The molecule has 0 bridgehead atoms. The van der Waals surface area contributed by atoms with E-state index in [0.717, 1.165) is 0 Å². The van der Waals surface area contributed by atoms with Gasteiger partial charge in [0.2, 0.25) is 0 Å². The summed E-state index contributed by atoms with van der Waals surface area (Å²) in [6, 6.07) is -1.32. The van der Waals surface area contributed by atoms with Crippen molar-refractivity contribution in [2.45, 2.75) is 52.7 Å². The molecular weight excluding hydrogens is 254 g/mol. The maximum atomic E-state index is 11.5. The molecule has 0 saturated carbocycles. The van der Waals surface area contributed by atoms with Crippen molar-refractivity contribution in [2.75, 3.05) is 0 Å². The highest BCUT2D eigenvalue weighted by molar-refractivity contribution is 5.81. The van der Waals surface area contributed by atoms with Crippen LogP contribution in [0, 0.1) is 5.41 Å². The molecule has 0 radical (unpaired) electrons. The van der Waals surface area contributed by atoms with Crippen LogP contribution in [0.5, 0.6) is 0 Å². The van der Waals surface area contributed by atoms with Crippen molar-refractivity contribution in [3.63, 3.8) is 0 Å². The van der Waals surface area contributed by atoms with Gasteiger partial charge in [-0.2, -0.15) is 0 Å². The second-order valence-electron chi connectivity index (χ2n) is 5.93. The minimum Gasteiger partial charge on any atom is -0.481 e. The Balaban J connectivity index is 4.74. The van der Waals surface area contributed by atoms with Crippen LogP contribution in [0.1, 0.15) is 41.0 Å². The maximum absolute atomic E-state index is 11.5. The van der Waals surface area contributed by atoms with E-state index < -0.39 is 35.1 Å². The van der Waals surface area contributed by atoms with E-state index >= 15 is 0 Å². The van der Waals surface area contributed by atoms with Crippen LogP contribution in [0.15, 0.2) is 0 Å². The number of hydrogen-bond donors (Lipinski definition) is 3. The lowest BCUT2D eigenvalue weighted by atomic mass is 9.86. The molecule has 0 saturated heterocycles. The van der Waals surface area contributed by atoms with Crippen molar-refractivity contribution in [2.24, 2.45) is 5.41 Å². The number of rotatable bonds is 5. The second kappa shape index (κ2) is 5.90. The molecule has 0 fully saturated rings. The molecule has 1 unspecified atom stereocenters. The second-order valence-corrected chi connectivity index (χ2v) is 5.93. The highest BCUT2D eigenvalue weighted by Crippen LogP contribution is 2.23. The minimum absolute atomic E-state index is 0.239. The molecule has 0 spiro atoms. The molecule has 19 heavy (non-hydrogen) atoms. The van der Waals surface area contributed by atoms with E-state index in [4.69, 9.17) is 14.9 Å². The SMILES string of the molecule is CC(C)(C)OC(=O)NC(CC(C)(C)C(=O)O)C(=O)O. The van der Waals surface area contributed by atoms with E-state index in [1.807, 2.05) is 0 Å². The van der Waals surface area contributed by atoms with Gasteiger partial charge >= 0.3 is 18.0 Å². The fraction of sp³-hybridized carbons (Fsp3) is 0.750. The summed E-state index contributed by atoms with van der Waals surface area (Å²) >= 11 is 0. The van der Waals surface area contributed by atoms with Crippen molar-refractivity contribution >= 4 is 18.0 Å². The first-order chi connectivity index (χ1) is 8.35. The quantitative estimate of drug-likeness (QED) is 0.700. The van der Waals surface area contributed by atoms with E-state index in [0.29, 0.717) is 0 Å². The topological polar surface area (TPSA) is 113 Å². The van der Waals surface area contributed by atoms with Gasteiger partial charge in [-0.05, 0) is 41.0 Å². The normalized spacial score (nSPS) is 13.5. The average Bonchev–Trinajstić information content (AvgIpc) is 2.12. The fourth-order valence-corrected chi connectivity index (χ4v) is 1.25. The van der Waals surface area contributed by atoms with Gasteiger partial charge in [0.25, 0.3) is 0 Å². The van der Waals surface area contributed by atoms with Gasteiger partial charge in [0.05, 0.1) is 5.41 Å². The summed E-state index contributed by atoms with van der Waals surface area (Å²) < 4.78 is 4.93. The Bertz CT molecular complexity index is 369. The molecule has 7 nitrogen and oxygen atoms in total. The Morgan fingerprint density at radius 1 is 1.11 bits per heavy atom. The van der Waals surface area contributed by atoms with Crippen LogP contribution in [0.3, 0.4) is 0 Å². The van der Waals surface area contributed by atoms with Gasteiger partial charge in [-0.15, -0.1) is 0 Å². The molecule has 110 valence electrons. The monoisotopic (exact) mass is 275 g/mol. The number of alkyl carbamates (subject to hydrolysis) is 1. The van der Waals surface area contributed by atoms with E-state index in [2.05, 4.69) is 5.32 Å². The number of hydrogen-bond acceptors (Lipinski definition) is 4. The first-order valence-corrected chi connectivity index (χ1v) is 5.81. The first kappa shape index (κ1) is 17.2. The lowest BCUT2D eigenvalue weighted by Crippen LogP contribution is -2.46. The highest BCUT2D eigenvalue weighted by atomic mass is 16.6. The summed E-state index contributed by atoms with van der Waals surface area (Å²) in [4.78, 5) is 33.5. The van der Waals surface area contributed by atoms with Crippen LogP contribution in [-0.4, -0.2) is 39.9 Å². The summed E-state index contributed by atoms with van der Waals surface area (Å²) in [6.07, 6.45) is -1.13. The number of nitrogens with one attached hydrogen (secondary N) is 1. The number of amides is 1. The molecule has 1 amide bonds. The molecule has 0 aliphatic carbocycles. The summed E-state index contributed by atoms with van der Waals surface area (Å²) in [6.45, 7) is 7.71. The van der Waals surface area contributed by atoms with Gasteiger partial charge in [-0.25, -0.2) is 9.59 Å². The van der Waals surface area contributed by atoms with Crippen LogP contribution < -0.4 is 5.32 Å². The van der Waals surface area contributed by atoms with Crippen LogP contribution in [0.4, 0.5) is 4.79 Å². The molecule has 1 atom stereocenters. The number of carbonyl (C=O) groups is 3. The molecule has 0 aliphatic heterocycles. The molecule has 3 N–H and O–H groups in total. The Labute approximate surface area is 111 Å². The number of aliphatic carboxylic acids is 2. The molecule has 0 rings (SSSR count). The molecule has 0 aromatic rings. The minimum atomic E-state index is -1.32. The molecule has 0 aliphatic rings. The zero-order chi connectivity index (χ0) is 15.4. The third kappa shape index (κ3) is 6.64. The lowest BCUT2D eigenvalue weighted by Gasteiger charge is -2.26. The number of ether oxygens (including phenoxy) is 1. The van der Waals surface area contributed by atoms with Crippen molar-refractivity contribution in [1.82, 2.24) is 5.32 Å². The van der Waals surface area contributed by atoms with Gasteiger partial charge in [-0.1, -0.05) is 0 Å². The Morgan fingerprint density at radius 2 is 1.58 bits per heavy atom. The van der Waals surface area contributed by atoms with Crippen LogP contribution in [0.25, 0.3) is 0 Å². The maximum Gasteiger partial charge on any atom is 0.408 e. The first-order valence-electron chi connectivity index (χ1n) is 5.81.